The molecule has 0 fully saturated rings. The molecule has 1 radical (unpaired) electrons. The summed E-state index contributed by atoms with van der Waals surface area (Å²) in [7, 11) is 3.36. The van der Waals surface area contributed by atoms with E-state index in [4.69, 9.17) is 5.73 Å². The van der Waals surface area contributed by atoms with Gasteiger partial charge in [-0.1, -0.05) is 6.92 Å². The fourth-order valence-corrected chi connectivity index (χ4v) is 0.455. The third-order valence-electron chi connectivity index (χ3n) is 1.07. The molecule has 2 N–H and O–H groups in total. The van der Waals surface area contributed by atoms with Crippen molar-refractivity contribution in [1.82, 2.24) is 4.90 Å². The zero-order valence-corrected chi connectivity index (χ0v) is 5.92. The molecule has 0 saturated carbocycles. The fraction of sp³-hybridized carbons (Fsp3) is 0.667. The van der Waals surface area contributed by atoms with E-state index >= 15 is 0 Å². The standard InChI is InChI=1S/C6H13N2O/c1-4-5(7)6(9)8(2)3/h5H,1,4,7H2,2-3H3. The van der Waals surface area contributed by atoms with Crippen molar-refractivity contribution >= 4 is 5.91 Å². The molecule has 1 amide bonds. The zero-order chi connectivity index (χ0) is 7.44. The van der Waals surface area contributed by atoms with E-state index in [1.54, 1.807) is 14.1 Å². The van der Waals surface area contributed by atoms with E-state index in [1.165, 1.54) is 4.90 Å². The summed E-state index contributed by atoms with van der Waals surface area (Å²) in [5, 5.41) is 0. The molecule has 1 unspecified atom stereocenters. The maximum atomic E-state index is 10.8. The van der Waals surface area contributed by atoms with Gasteiger partial charge in [0.25, 0.3) is 0 Å². The number of carbonyl (C=O) groups excluding carboxylic acids is 1. The highest BCUT2D eigenvalue weighted by Gasteiger charge is 2.11. The SMILES string of the molecule is [CH2]CC(N)C(=O)N(C)C. The van der Waals surface area contributed by atoms with Crippen LogP contribution >= 0.6 is 0 Å². The molecule has 0 bridgehead atoms. The lowest BCUT2D eigenvalue weighted by atomic mass is 10.2. The summed E-state index contributed by atoms with van der Waals surface area (Å²) >= 11 is 0. The van der Waals surface area contributed by atoms with Gasteiger partial charge in [0.1, 0.15) is 0 Å². The van der Waals surface area contributed by atoms with Crippen molar-refractivity contribution in [3.05, 3.63) is 6.92 Å². The molecular formula is C6H13N2O. The number of amides is 1. The molecule has 3 nitrogen and oxygen atoms in total. The number of nitrogens with two attached hydrogens (primary N) is 1. The van der Waals surface area contributed by atoms with Crippen molar-refractivity contribution in [3.8, 4) is 0 Å². The first-order valence-electron chi connectivity index (χ1n) is 2.85. The van der Waals surface area contributed by atoms with E-state index in [0.717, 1.165) is 0 Å². The van der Waals surface area contributed by atoms with Gasteiger partial charge in [0, 0.05) is 14.1 Å². The van der Waals surface area contributed by atoms with Crippen molar-refractivity contribution in [2.24, 2.45) is 5.73 Å². The van der Waals surface area contributed by atoms with Gasteiger partial charge in [0.05, 0.1) is 6.04 Å². The van der Waals surface area contributed by atoms with E-state index in [2.05, 4.69) is 6.92 Å². The largest absolute Gasteiger partial charge is 0.347 e. The summed E-state index contributed by atoms with van der Waals surface area (Å²) in [5.74, 6) is -0.0648. The molecule has 3 heteroatoms. The van der Waals surface area contributed by atoms with Gasteiger partial charge in [-0.05, 0) is 6.42 Å². The fourth-order valence-electron chi connectivity index (χ4n) is 0.455. The van der Waals surface area contributed by atoms with Crippen molar-refractivity contribution < 1.29 is 4.79 Å². The van der Waals surface area contributed by atoms with Gasteiger partial charge in [-0.2, -0.15) is 0 Å². The second-order valence-electron chi connectivity index (χ2n) is 2.13. The molecule has 0 aromatic rings. The maximum Gasteiger partial charge on any atom is 0.238 e. The van der Waals surface area contributed by atoms with E-state index in [-0.39, 0.29) is 5.91 Å². The van der Waals surface area contributed by atoms with E-state index in [9.17, 15) is 4.79 Å². The first-order valence-corrected chi connectivity index (χ1v) is 2.85. The van der Waals surface area contributed by atoms with Crippen LogP contribution in [0, 0.1) is 6.92 Å². The predicted octanol–water partition coefficient (Wildman–Crippen LogP) is -0.374. The summed E-state index contributed by atoms with van der Waals surface area (Å²) in [6.07, 6.45) is 0.455. The Bertz CT molecular complexity index is 101. The lowest BCUT2D eigenvalue weighted by Gasteiger charge is -2.14. The molecule has 1 atom stereocenters. The summed E-state index contributed by atoms with van der Waals surface area (Å²) in [5.41, 5.74) is 5.36. The summed E-state index contributed by atoms with van der Waals surface area (Å²) in [4.78, 5) is 12.3. The number of hydrogen-bond donors (Lipinski definition) is 1. The molecule has 0 aliphatic carbocycles. The van der Waals surface area contributed by atoms with Crippen molar-refractivity contribution in [2.45, 2.75) is 12.5 Å². The lowest BCUT2D eigenvalue weighted by Crippen LogP contribution is -2.39. The zero-order valence-electron chi connectivity index (χ0n) is 5.92. The second kappa shape index (κ2) is 3.45. The smallest absolute Gasteiger partial charge is 0.238 e. The Kier molecular flexibility index (Phi) is 3.24. The van der Waals surface area contributed by atoms with E-state index in [0.29, 0.717) is 6.42 Å². The Morgan fingerprint density at radius 2 is 2.22 bits per heavy atom. The number of carbonyl (C=O) groups is 1. The van der Waals surface area contributed by atoms with Crippen LogP contribution in [0.3, 0.4) is 0 Å². The van der Waals surface area contributed by atoms with Crippen LogP contribution < -0.4 is 5.73 Å². The Morgan fingerprint density at radius 1 is 1.78 bits per heavy atom. The number of rotatable bonds is 2. The Hall–Kier alpha value is -0.570. The van der Waals surface area contributed by atoms with E-state index < -0.39 is 6.04 Å². The van der Waals surface area contributed by atoms with Crippen molar-refractivity contribution in [2.75, 3.05) is 14.1 Å². The minimum atomic E-state index is -0.431. The molecule has 0 rings (SSSR count). The van der Waals surface area contributed by atoms with Crippen LogP contribution in [-0.4, -0.2) is 30.9 Å². The lowest BCUT2D eigenvalue weighted by molar-refractivity contribution is -0.129. The maximum absolute atomic E-state index is 10.8. The first-order chi connectivity index (χ1) is 4.09. The van der Waals surface area contributed by atoms with Crippen LogP contribution in [0.25, 0.3) is 0 Å². The van der Waals surface area contributed by atoms with Gasteiger partial charge in [-0.3, -0.25) is 4.79 Å². The molecular weight excluding hydrogens is 116 g/mol. The minimum absolute atomic E-state index is 0.0648. The first kappa shape index (κ1) is 8.43. The third-order valence-corrected chi connectivity index (χ3v) is 1.07. The number of likely N-dealkylation sites (N-methyl/N-ethyl adjacent to an activating group) is 1. The summed E-state index contributed by atoms with van der Waals surface area (Å²) in [6.45, 7) is 3.52. The summed E-state index contributed by atoms with van der Waals surface area (Å²) in [6, 6.07) is -0.431. The third kappa shape index (κ3) is 2.46. The Morgan fingerprint density at radius 3 is 2.33 bits per heavy atom. The average Bonchev–Trinajstić information content (AvgIpc) is 1.84. The molecule has 0 spiro atoms. The van der Waals surface area contributed by atoms with Crippen molar-refractivity contribution in [1.29, 1.82) is 0 Å². The molecule has 53 valence electrons. The highest BCUT2D eigenvalue weighted by Crippen LogP contribution is 1.89. The Balaban J connectivity index is 3.73. The number of nitrogens with zero attached hydrogens (tertiary/aromatic N) is 1. The van der Waals surface area contributed by atoms with Crippen LogP contribution in [0.2, 0.25) is 0 Å². The Labute approximate surface area is 55.8 Å². The molecule has 0 heterocycles. The molecule has 0 aliphatic rings. The van der Waals surface area contributed by atoms with Gasteiger partial charge >= 0.3 is 0 Å². The molecule has 9 heavy (non-hydrogen) atoms. The molecule has 0 saturated heterocycles. The monoisotopic (exact) mass is 129 g/mol. The number of hydrogen-bond acceptors (Lipinski definition) is 2. The average molecular weight is 129 g/mol. The van der Waals surface area contributed by atoms with Crippen LogP contribution in [-0.2, 0) is 4.79 Å². The highest BCUT2D eigenvalue weighted by atomic mass is 16.2. The van der Waals surface area contributed by atoms with E-state index in [1.807, 2.05) is 0 Å². The van der Waals surface area contributed by atoms with Gasteiger partial charge in [-0.25, -0.2) is 0 Å². The van der Waals surface area contributed by atoms with Crippen molar-refractivity contribution in [3.63, 3.8) is 0 Å². The van der Waals surface area contributed by atoms with Crippen LogP contribution in [0.15, 0.2) is 0 Å². The predicted molar refractivity (Wildman–Crippen MR) is 36.6 cm³/mol. The van der Waals surface area contributed by atoms with Crippen LogP contribution in [0.5, 0.6) is 0 Å². The highest BCUT2D eigenvalue weighted by molar-refractivity contribution is 5.81. The minimum Gasteiger partial charge on any atom is -0.347 e. The second-order valence-corrected chi connectivity index (χ2v) is 2.13. The van der Waals surface area contributed by atoms with Crippen LogP contribution in [0.4, 0.5) is 0 Å². The van der Waals surface area contributed by atoms with Gasteiger partial charge in [0.15, 0.2) is 0 Å². The quantitative estimate of drug-likeness (QED) is 0.552. The topological polar surface area (TPSA) is 46.3 Å². The normalized spacial score (nSPS) is 12.9. The van der Waals surface area contributed by atoms with Gasteiger partial charge < -0.3 is 10.6 Å². The molecule has 0 aliphatic heterocycles. The molecule has 0 aromatic heterocycles. The van der Waals surface area contributed by atoms with Crippen LogP contribution in [0.1, 0.15) is 6.42 Å². The summed E-state index contributed by atoms with van der Waals surface area (Å²) < 4.78 is 0. The van der Waals surface area contributed by atoms with Gasteiger partial charge in [0.2, 0.25) is 5.91 Å². The van der Waals surface area contributed by atoms with Gasteiger partial charge in [-0.15, -0.1) is 0 Å². The molecule has 0 aromatic carbocycles.